The number of carbonyl (C=O) groups excluding carboxylic acids is 1. The molecule has 0 aliphatic rings. The normalized spacial score (nSPS) is 12.9. The van der Waals surface area contributed by atoms with Crippen LogP contribution in [0.15, 0.2) is 18.2 Å². The number of carbonyl (C=O) groups is 1. The van der Waals surface area contributed by atoms with Crippen LogP contribution in [0.25, 0.3) is 0 Å². The molecule has 106 valence electrons. The number of halogens is 1. The van der Waals surface area contributed by atoms with Crippen molar-refractivity contribution in [3.8, 4) is 0 Å². The van der Waals surface area contributed by atoms with E-state index in [9.17, 15) is 4.79 Å². The van der Waals surface area contributed by atoms with E-state index in [-0.39, 0.29) is 6.61 Å². The zero-order valence-electron chi connectivity index (χ0n) is 11.2. The van der Waals surface area contributed by atoms with E-state index in [4.69, 9.17) is 27.2 Å². The summed E-state index contributed by atoms with van der Waals surface area (Å²) in [6.45, 7) is 5.07. The molecule has 1 amide bonds. The number of amides is 1. The molecule has 0 heterocycles. The molecule has 6 heteroatoms. The van der Waals surface area contributed by atoms with Gasteiger partial charge in [0.1, 0.15) is 5.60 Å². The van der Waals surface area contributed by atoms with Crippen LogP contribution >= 0.6 is 11.6 Å². The third kappa shape index (κ3) is 5.06. The molecule has 1 aromatic rings. The average molecular weight is 287 g/mol. The third-order valence-corrected chi connectivity index (χ3v) is 2.48. The van der Waals surface area contributed by atoms with Crippen LogP contribution in [0.5, 0.6) is 0 Å². The van der Waals surface area contributed by atoms with Crippen molar-refractivity contribution in [2.24, 2.45) is 5.73 Å². The number of hydrogen-bond donors (Lipinski definition) is 3. The molecule has 0 saturated carbocycles. The van der Waals surface area contributed by atoms with Gasteiger partial charge in [-0.3, -0.25) is 5.32 Å². The van der Waals surface area contributed by atoms with E-state index < -0.39 is 17.7 Å². The van der Waals surface area contributed by atoms with Crippen molar-refractivity contribution in [2.75, 3.05) is 11.9 Å². The largest absolute Gasteiger partial charge is 0.444 e. The Bertz CT molecular complexity index is 458. The minimum Gasteiger partial charge on any atom is -0.444 e. The van der Waals surface area contributed by atoms with Gasteiger partial charge in [-0.15, -0.1) is 0 Å². The van der Waals surface area contributed by atoms with Gasteiger partial charge in [0.25, 0.3) is 0 Å². The number of hydrogen-bond acceptors (Lipinski definition) is 4. The summed E-state index contributed by atoms with van der Waals surface area (Å²) in [5.41, 5.74) is 6.20. The molecule has 0 fully saturated rings. The molecular formula is C13H19ClN2O3. The van der Waals surface area contributed by atoms with Crippen LogP contribution in [0.2, 0.25) is 5.02 Å². The highest BCUT2D eigenvalue weighted by Gasteiger charge is 2.18. The van der Waals surface area contributed by atoms with E-state index in [1.54, 1.807) is 39.0 Å². The maximum absolute atomic E-state index is 11.7. The maximum Gasteiger partial charge on any atom is 0.412 e. The summed E-state index contributed by atoms with van der Waals surface area (Å²) in [6.07, 6.45) is -0.596. The fraction of sp³-hybridized carbons (Fsp3) is 0.462. The Morgan fingerprint density at radius 2 is 2.16 bits per heavy atom. The first-order valence-electron chi connectivity index (χ1n) is 5.89. The summed E-state index contributed by atoms with van der Waals surface area (Å²) in [6, 6.07) is 4.28. The van der Waals surface area contributed by atoms with Crippen molar-refractivity contribution < 1.29 is 14.6 Å². The van der Waals surface area contributed by atoms with E-state index in [2.05, 4.69) is 5.32 Å². The highest BCUT2D eigenvalue weighted by atomic mass is 35.5. The zero-order valence-corrected chi connectivity index (χ0v) is 12.0. The molecule has 0 aliphatic heterocycles. The lowest BCUT2D eigenvalue weighted by molar-refractivity contribution is 0.0635. The highest BCUT2D eigenvalue weighted by molar-refractivity contribution is 6.31. The van der Waals surface area contributed by atoms with Gasteiger partial charge in [0.15, 0.2) is 0 Å². The minimum atomic E-state index is -0.596. The summed E-state index contributed by atoms with van der Waals surface area (Å²) in [7, 11) is 0. The molecule has 0 aliphatic carbocycles. The maximum atomic E-state index is 11.7. The Labute approximate surface area is 117 Å². The van der Waals surface area contributed by atoms with Crippen LogP contribution in [-0.4, -0.2) is 23.4 Å². The van der Waals surface area contributed by atoms with Gasteiger partial charge in [0, 0.05) is 5.02 Å². The molecule has 0 bridgehead atoms. The molecule has 1 aromatic carbocycles. The number of nitrogens with two attached hydrogens (primary N) is 1. The zero-order chi connectivity index (χ0) is 14.6. The van der Waals surface area contributed by atoms with E-state index >= 15 is 0 Å². The van der Waals surface area contributed by atoms with Gasteiger partial charge in [0.05, 0.1) is 18.3 Å². The molecule has 0 saturated heterocycles. The standard InChI is InChI=1S/C13H19ClN2O3/c1-13(2,3)19-12(18)16-11-6-8(14)4-5-9(11)10(15)7-17/h4-6,10,17H,7,15H2,1-3H3,(H,16,18)/t10-/m0/s1. The first-order chi connectivity index (χ1) is 8.73. The number of ether oxygens (including phenoxy) is 1. The van der Waals surface area contributed by atoms with E-state index in [1.807, 2.05) is 0 Å². The van der Waals surface area contributed by atoms with Gasteiger partial charge >= 0.3 is 6.09 Å². The van der Waals surface area contributed by atoms with Crippen LogP contribution in [0.3, 0.4) is 0 Å². The fourth-order valence-corrected chi connectivity index (χ4v) is 1.64. The monoisotopic (exact) mass is 286 g/mol. The van der Waals surface area contributed by atoms with Crippen LogP contribution in [0.4, 0.5) is 10.5 Å². The number of aliphatic hydroxyl groups is 1. The lowest BCUT2D eigenvalue weighted by Crippen LogP contribution is -2.28. The SMILES string of the molecule is CC(C)(C)OC(=O)Nc1cc(Cl)ccc1[C@@H](N)CO. The fourth-order valence-electron chi connectivity index (χ4n) is 1.47. The Balaban J connectivity index is 2.93. The highest BCUT2D eigenvalue weighted by Crippen LogP contribution is 2.26. The van der Waals surface area contributed by atoms with Crippen LogP contribution in [0.1, 0.15) is 32.4 Å². The molecule has 5 nitrogen and oxygen atoms in total. The van der Waals surface area contributed by atoms with Crippen molar-refractivity contribution in [3.05, 3.63) is 28.8 Å². The van der Waals surface area contributed by atoms with Crippen LogP contribution < -0.4 is 11.1 Å². The topological polar surface area (TPSA) is 84.6 Å². The molecule has 1 rings (SSSR count). The number of aliphatic hydroxyl groups excluding tert-OH is 1. The molecule has 0 unspecified atom stereocenters. The smallest absolute Gasteiger partial charge is 0.412 e. The Morgan fingerprint density at radius 3 is 2.68 bits per heavy atom. The number of benzene rings is 1. The number of nitrogens with one attached hydrogen (secondary N) is 1. The minimum absolute atomic E-state index is 0.232. The molecule has 19 heavy (non-hydrogen) atoms. The Hall–Kier alpha value is -1.30. The van der Waals surface area contributed by atoms with Crippen molar-refractivity contribution in [1.82, 2.24) is 0 Å². The van der Waals surface area contributed by atoms with Gasteiger partial charge in [-0.1, -0.05) is 17.7 Å². The Kier molecular flexibility index (Phi) is 5.17. The van der Waals surface area contributed by atoms with Crippen molar-refractivity contribution in [3.63, 3.8) is 0 Å². The van der Waals surface area contributed by atoms with Gasteiger partial charge in [-0.2, -0.15) is 0 Å². The molecule has 0 spiro atoms. The van der Waals surface area contributed by atoms with E-state index in [1.165, 1.54) is 0 Å². The lowest BCUT2D eigenvalue weighted by Gasteiger charge is -2.21. The van der Waals surface area contributed by atoms with Crippen molar-refractivity contribution >= 4 is 23.4 Å². The van der Waals surface area contributed by atoms with Gasteiger partial charge < -0.3 is 15.6 Å². The number of anilines is 1. The Morgan fingerprint density at radius 1 is 1.53 bits per heavy atom. The predicted octanol–water partition coefficient (Wildman–Crippen LogP) is 2.68. The van der Waals surface area contributed by atoms with Crippen molar-refractivity contribution in [1.29, 1.82) is 0 Å². The predicted molar refractivity (Wildman–Crippen MR) is 75.3 cm³/mol. The second kappa shape index (κ2) is 6.23. The average Bonchev–Trinajstić information content (AvgIpc) is 2.25. The van der Waals surface area contributed by atoms with Gasteiger partial charge in [-0.25, -0.2) is 4.79 Å². The van der Waals surface area contributed by atoms with Crippen LogP contribution in [0, 0.1) is 0 Å². The third-order valence-electron chi connectivity index (χ3n) is 2.25. The first kappa shape index (κ1) is 15.8. The quantitative estimate of drug-likeness (QED) is 0.797. The molecule has 0 aromatic heterocycles. The summed E-state index contributed by atoms with van der Waals surface area (Å²) in [4.78, 5) is 11.7. The van der Waals surface area contributed by atoms with Crippen LogP contribution in [-0.2, 0) is 4.74 Å². The molecule has 4 N–H and O–H groups in total. The van der Waals surface area contributed by atoms with E-state index in [0.717, 1.165) is 0 Å². The second-order valence-corrected chi connectivity index (χ2v) is 5.58. The summed E-state index contributed by atoms with van der Waals surface area (Å²) >= 11 is 5.89. The van der Waals surface area contributed by atoms with Gasteiger partial charge in [-0.05, 0) is 38.5 Å². The summed E-state index contributed by atoms with van der Waals surface area (Å²) < 4.78 is 5.15. The number of rotatable bonds is 3. The molecule has 0 radical (unpaired) electrons. The first-order valence-corrected chi connectivity index (χ1v) is 6.26. The molecule has 1 atom stereocenters. The summed E-state index contributed by atoms with van der Waals surface area (Å²) in [5, 5.41) is 12.1. The van der Waals surface area contributed by atoms with Crippen molar-refractivity contribution in [2.45, 2.75) is 32.4 Å². The molecular weight excluding hydrogens is 268 g/mol. The van der Waals surface area contributed by atoms with Gasteiger partial charge in [0.2, 0.25) is 0 Å². The van der Waals surface area contributed by atoms with E-state index in [0.29, 0.717) is 16.3 Å². The lowest BCUT2D eigenvalue weighted by atomic mass is 10.1. The second-order valence-electron chi connectivity index (χ2n) is 5.15. The summed E-state index contributed by atoms with van der Waals surface area (Å²) in [5.74, 6) is 0.